The summed E-state index contributed by atoms with van der Waals surface area (Å²) in [4.78, 5) is 0. The van der Waals surface area contributed by atoms with Crippen molar-refractivity contribution in [2.75, 3.05) is 5.75 Å². The molecule has 0 bridgehead atoms. The Morgan fingerprint density at radius 1 is 1.24 bits per heavy atom. The number of rotatable bonds is 7. The van der Waals surface area contributed by atoms with E-state index in [4.69, 9.17) is 0 Å². The van der Waals surface area contributed by atoms with Crippen molar-refractivity contribution >= 4 is 23.0 Å². The Hall–Kier alpha value is -0.240. The van der Waals surface area contributed by atoms with Gasteiger partial charge in [-0.1, -0.05) is 62.0 Å². The highest BCUT2D eigenvalue weighted by atomic mass is 32.7. The fraction of sp³-hybridized carbons (Fsp3) is 0.538. The van der Waals surface area contributed by atoms with Crippen LogP contribution in [0.2, 0.25) is 0 Å². The van der Waals surface area contributed by atoms with E-state index in [0.29, 0.717) is 6.42 Å². The standard InChI is InChI=1S/C13H21O2PS/c1-3-8-13(14)16(15,17-11-4-2)12-9-6-5-7-10-12/h5-7,9-10,13-14H,3-4,8,11H2,1-2H3. The molecular formula is C13H21O2PS. The average Bonchev–Trinajstić information content (AvgIpc) is 2.37. The molecule has 0 aromatic heterocycles. The van der Waals surface area contributed by atoms with Crippen molar-refractivity contribution in [1.29, 1.82) is 0 Å². The molecule has 0 heterocycles. The van der Waals surface area contributed by atoms with E-state index in [1.807, 2.05) is 37.3 Å². The zero-order valence-electron chi connectivity index (χ0n) is 10.5. The second-order valence-electron chi connectivity index (χ2n) is 4.04. The van der Waals surface area contributed by atoms with Crippen LogP contribution in [0.25, 0.3) is 0 Å². The van der Waals surface area contributed by atoms with E-state index in [2.05, 4.69) is 6.92 Å². The lowest BCUT2D eigenvalue weighted by molar-refractivity contribution is 0.240. The molecular weight excluding hydrogens is 251 g/mol. The second-order valence-corrected chi connectivity index (χ2v) is 9.41. The highest BCUT2D eigenvalue weighted by Crippen LogP contribution is 2.61. The van der Waals surface area contributed by atoms with Crippen molar-refractivity contribution < 1.29 is 9.67 Å². The summed E-state index contributed by atoms with van der Waals surface area (Å²) in [6.45, 7) is 4.07. The highest BCUT2D eigenvalue weighted by Gasteiger charge is 2.33. The van der Waals surface area contributed by atoms with Gasteiger partial charge in [0.25, 0.3) is 0 Å². The Morgan fingerprint density at radius 3 is 2.41 bits per heavy atom. The Labute approximate surface area is 108 Å². The molecule has 0 aliphatic heterocycles. The Bertz CT molecular complexity index is 367. The molecule has 1 N–H and O–H groups in total. The molecule has 2 atom stereocenters. The molecule has 0 saturated heterocycles. The van der Waals surface area contributed by atoms with Gasteiger partial charge in [-0.15, -0.1) is 0 Å². The summed E-state index contributed by atoms with van der Waals surface area (Å²) in [5.41, 5.74) is 0. The second kappa shape index (κ2) is 7.25. The lowest BCUT2D eigenvalue weighted by Crippen LogP contribution is -2.15. The molecule has 2 nitrogen and oxygen atoms in total. The van der Waals surface area contributed by atoms with Crippen molar-refractivity contribution in [2.45, 2.75) is 39.0 Å². The van der Waals surface area contributed by atoms with Crippen LogP contribution in [0.1, 0.15) is 33.1 Å². The van der Waals surface area contributed by atoms with Crippen LogP contribution in [-0.2, 0) is 4.57 Å². The first-order valence-electron chi connectivity index (χ1n) is 6.13. The lowest BCUT2D eigenvalue weighted by Gasteiger charge is -2.23. The smallest absolute Gasteiger partial charge is 0.194 e. The molecule has 0 fully saturated rings. The zero-order valence-corrected chi connectivity index (χ0v) is 12.2. The summed E-state index contributed by atoms with van der Waals surface area (Å²) in [6.07, 6.45) is -0.299. The van der Waals surface area contributed by atoms with Gasteiger partial charge in [0.15, 0.2) is 6.34 Å². The third kappa shape index (κ3) is 3.87. The molecule has 1 rings (SSSR count). The fourth-order valence-corrected chi connectivity index (χ4v) is 6.93. The van der Waals surface area contributed by atoms with E-state index in [1.165, 1.54) is 11.4 Å². The molecule has 0 radical (unpaired) electrons. The number of hydrogen-bond acceptors (Lipinski definition) is 3. The number of hydrogen-bond donors (Lipinski definition) is 1. The summed E-state index contributed by atoms with van der Waals surface area (Å²) in [5, 5.41) is 11.0. The molecule has 0 aliphatic carbocycles. The van der Waals surface area contributed by atoms with Crippen LogP contribution in [-0.4, -0.2) is 16.7 Å². The minimum atomic E-state index is -2.72. The van der Waals surface area contributed by atoms with Crippen LogP contribution < -0.4 is 5.30 Å². The summed E-state index contributed by atoms with van der Waals surface area (Å²) in [5.74, 6) is 0.110. The topological polar surface area (TPSA) is 37.3 Å². The Morgan fingerprint density at radius 2 is 1.88 bits per heavy atom. The van der Waals surface area contributed by atoms with E-state index in [9.17, 15) is 9.67 Å². The van der Waals surface area contributed by atoms with Crippen LogP contribution in [0.3, 0.4) is 0 Å². The van der Waals surface area contributed by atoms with E-state index in [0.717, 1.165) is 23.9 Å². The fourth-order valence-electron chi connectivity index (χ4n) is 1.62. The number of aliphatic hydroxyl groups is 1. The molecule has 17 heavy (non-hydrogen) atoms. The van der Waals surface area contributed by atoms with E-state index in [-0.39, 0.29) is 0 Å². The first kappa shape index (κ1) is 14.8. The van der Waals surface area contributed by atoms with Crippen molar-refractivity contribution in [3.05, 3.63) is 30.3 Å². The first-order chi connectivity index (χ1) is 8.15. The summed E-state index contributed by atoms with van der Waals surface area (Å²) in [7, 11) is 0. The molecule has 0 amide bonds. The molecule has 0 aliphatic rings. The van der Waals surface area contributed by atoms with Crippen molar-refractivity contribution in [2.24, 2.45) is 0 Å². The minimum absolute atomic E-state index is 0.600. The molecule has 0 spiro atoms. The molecule has 0 saturated carbocycles. The summed E-state index contributed by atoms with van der Waals surface area (Å²) >= 11 is 1.43. The molecule has 1 aromatic carbocycles. The molecule has 96 valence electrons. The van der Waals surface area contributed by atoms with Crippen molar-refractivity contribution in [1.82, 2.24) is 0 Å². The zero-order chi connectivity index (χ0) is 12.7. The first-order valence-corrected chi connectivity index (χ1v) is 9.49. The number of benzene rings is 1. The molecule has 2 unspecified atom stereocenters. The van der Waals surface area contributed by atoms with Gasteiger partial charge in [-0.3, -0.25) is 0 Å². The Balaban J connectivity index is 2.97. The maximum Gasteiger partial charge on any atom is 0.194 e. The molecule has 4 heteroatoms. The van der Waals surface area contributed by atoms with Crippen LogP contribution in [0.15, 0.2) is 30.3 Å². The monoisotopic (exact) mass is 272 g/mol. The average molecular weight is 272 g/mol. The van der Waals surface area contributed by atoms with Gasteiger partial charge < -0.3 is 9.67 Å². The van der Waals surface area contributed by atoms with Crippen LogP contribution in [0.5, 0.6) is 0 Å². The predicted molar refractivity (Wildman–Crippen MR) is 77.3 cm³/mol. The normalized spacial score (nSPS) is 16.4. The van der Waals surface area contributed by atoms with E-state index >= 15 is 0 Å². The van der Waals surface area contributed by atoms with Crippen LogP contribution in [0, 0.1) is 0 Å². The largest absolute Gasteiger partial charge is 0.384 e. The summed E-state index contributed by atoms with van der Waals surface area (Å²) in [6, 6.07) is 9.40. The van der Waals surface area contributed by atoms with Crippen LogP contribution in [0.4, 0.5) is 0 Å². The van der Waals surface area contributed by atoms with E-state index < -0.39 is 12.2 Å². The Kier molecular flexibility index (Phi) is 6.32. The lowest BCUT2D eigenvalue weighted by atomic mass is 10.4. The van der Waals surface area contributed by atoms with Gasteiger partial charge in [-0.2, -0.15) is 0 Å². The van der Waals surface area contributed by atoms with Gasteiger partial charge in [-0.05, 0) is 12.8 Å². The van der Waals surface area contributed by atoms with Gasteiger partial charge in [0.05, 0.1) is 0 Å². The van der Waals surface area contributed by atoms with Crippen molar-refractivity contribution in [3.8, 4) is 0 Å². The quantitative estimate of drug-likeness (QED) is 0.766. The van der Waals surface area contributed by atoms with Crippen LogP contribution >= 0.6 is 17.7 Å². The minimum Gasteiger partial charge on any atom is -0.384 e. The SMILES string of the molecule is CCCSP(=O)(c1ccccc1)C(O)CCC. The number of aliphatic hydroxyl groups excluding tert-OH is 1. The van der Waals surface area contributed by atoms with E-state index in [1.54, 1.807) is 0 Å². The van der Waals surface area contributed by atoms with Gasteiger partial charge in [0.2, 0.25) is 0 Å². The summed E-state index contributed by atoms with van der Waals surface area (Å²) < 4.78 is 13.0. The van der Waals surface area contributed by atoms with Gasteiger partial charge >= 0.3 is 0 Å². The van der Waals surface area contributed by atoms with Crippen molar-refractivity contribution in [3.63, 3.8) is 0 Å². The third-order valence-electron chi connectivity index (χ3n) is 2.54. The third-order valence-corrected chi connectivity index (χ3v) is 8.64. The molecule has 1 aromatic rings. The predicted octanol–water partition coefficient (Wildman–Crippen LogP) is 3.85. The maximum absolute atomic E-state index is 13.0. The van der Waals surface area contributed by atoms with Gasteiger partial charge in [0.1, 0.15) is 5.85 Å². The maximum atomic E-state index is 13.0. The highest BCUT2D eigenvalue weighted by molar-refractivity contribution is 8.60. The van der Waals surface area contributed by atoms with Gasteiger partial charge in [0, 0.05) is 11.1 Å². The van der Waals surface area contributed by atoms with Gasteiger partial charge in [-0.25, -0.2) is 0 Å².